The van der Waals surface area contributed by atoms with Gasteiger partial charge >= 0.3 is 23.8 Å². The number of ether oxygens (including phenoxy) is 3. The molecule has 0 radical (unpaired) electrons. The van der Waals surface area contributed by atoms with Crippen LogP contribution < -0.4 is 0 Å². The zero-order valence-electron chi connectivity index (χ0n) is 20.0. The van der Waals surface area contributed by atoms with E-state index in [1.54, 1.807) is 0 Å². The molecule has 0 spiro atoms. The second-order valence-corrected chi connectivity index (χ2v) is 12.7. The van der Waals surface area contributed by atoms with Crippen LogP contribution in [0.1, 0.15) is 77.6 Å². The van der Waals surface area contributed by atoms with Gasteiger partial charge in [-0.1, -0.05) is 0 Å². The molecule has 0 aliphatic heterocycles. The quantitative estimate of drug-likeness (QED) is 0.410. The second-order valence-electron chi connectivity index (χ2n) is 12.7. The van der Waals surface area contributed by atoms with Crippen molar-refractivity contribution in [1.29, 1.82) is 0 Å². The average Bonchev–Trinajstić information content (AvgIpc) is 2.73. The minimum atomic E-state index is -3.59. The fourth-order valence-electron chi connectivity index (χ4n) is 9.17. The average molecular weight is 495 g/mol. The SMILES string of the molecule is CC(F)(F)C(=O)OC12CC3CC(C1)CC(C(=O)OCC(=O)OC14CC5CC(C1)C(=O)C(C5)C4)(C3)C2. The number of halogens is 2. The van der Waals surface area contributed by atoms with Gasteiger partial charge in [0.05, 0.1) is 5.41 Å². The van der Waals surface area contributed by atoms with Gasteiger partial charge in [0.1, 0.15) is 17.0 Å². The Hall–Kier alpha value is -2.06. The van der Waals surface area contributed by atoms with Gasteiger partial charge in [-0.2, -0.15) is 8.78 Å². The van der Waals surface area contributed by atoms with Crippen molar-refractivity contribution in [3.05, 3.63) is 0 Å². The Morgan fingerprint density at radius 2 is 1.46 bits per heavy atom. The molecule has 0 saturated heterocycles. The number of alkyl halides is 2. The second kappa shape index (κ2) is 7.48. The number of Topliss-reactive ketones (excluding diaryl/α,β-unsaturated/α-hetero) is 1. The number of carbonyl (C=O) groups is 4. The summed E-state index contributed by atoms with van der Waals surface area (Å²) in [4.78, 5) is 50.4. The fourth-order valence-corrected chi connectivity index (χ4v) is 9.17. The third-order valence-electron chi connectivity index (χ3n) is 9.70. The van der Waals surface area contributed by atoms with E-state index in [-0.39, 0.29) is 30.1 Å². The van der Waals surface area contributed by atoms with Crippen LogP contribution >= 0.6 is 0 Å². The molecule has 192 valence electrons. The molecule has 7 nitrogen and oxygen atoms in total. The molecule has 8 rings (SSSR count). The topological polar surface area (TPSA) is 96.0 Å². The van der Waals surface area contributed by atoms with Crippen molar-refractivity contribution in [2.45, 2.75) is 94.7 Å². The first-order valence-electron chi connectivity index (χ1n) is 12.9. The Kier molecular flexibility index (Phi) is 4.99. The fraction of sp³-hybridized carbons (Fsp3) is 0.846. The number of ketones is 1. The molecule has 8 aliphatic carbocycles. The summed E-state index contributed by atoms with van der Waals surface area (Å²) >= 11 is 0. The molecular weight excluding hydrogens is 462 g/mol. The van der Waals surface area contributed by atoms with Crippen molar-refractivity contribution in [2.24, 2.45) is 35.0 Å². The van der Waals surface area contributed by atoms with Gasteiger partial charge in [0.25, 0.3) is 0 Å². The van der Waals surface area contributed by atoms with Crippen LogP contribution in [0.4, 0.5) is 8.78 Å². The molecule has 0 aromatic rings. The predicted octanol–water partition coefficient (Wildman–Crippen LogP) is 3.76. The van der Waals surface area contributed by atoms with Crippen LogP contribution in [-0.4, -0.2) is 47.4 Å². The smallest absolute Gasteiger partial charge is 0.377 e. The van der Waals surface area contributed by atoms with Crippen molar-refractivity contribution >= 4 is 23.7 Å². The van der Waals surface area contributed by atoms with Gasteiger partial charge in [0, 0.05) is 25.2 Å². The lowest BCUT2D eigenvalue weighted by Gasteiger charge is -2.59. The number of hydrogen-bond donors (Lipinski definition) is 0. The maximum Gasteiger partial charge on any atom is 0.377 e. The summed E-state index contributed by atoms with van der Waals surface area (Å²) in [5.41, 5.74) is -2.63. The molecule has 4 atom stereocenters. The monoisotopic (exact) mass is 494 g/mol. The minimum Gasteiger partial charge on any atom is -0.456 e. The third-order valence-corrected chi connectivity index (χ3v) is 9.70. The summed E-state index contributed by atoms with van der Waals surface area (Å²) in [6.07, 6.45) is 6.73. The zero-order valence-corrected chi connectivity index (χ0v) is 20.0. The number of rotatable bonds is 6. The van der Waals surface area contributed by atoms with Crippen molar-refractivity contribution < 1.29 is 42.2 Å². The van der Waals surface area contributed by atoms with Gasteiger partial charge in [0.15, 0.2) is 6.61 Å². The zero-order chi connectivity index (χ0) is 24.8. The maximum atomic E-state index is 13.6. The maximum absolute atomic E-state index is 13.6. The molecule has 0 amide bonds. The minimum absolute atomic E-state index is 0.0296. The van der Waals surface area contributed by atoms with E-state index in [1.165, 1.54) is 0 Å². The summed E-state index contributed by atoms with van der Waals surface area (Å²) < 4.78 is 43.8. The third kappa shape index (κ3) is 3.88. The van der Waals surface area contributed by atoms with E-state index in [0.717, 1.165) is 25.7 Å². The summed E-state index contributed by atoms with van der Waals surface area (Å²) in [6, 6.07) is 0. The Morgan fingerprint density at radius 3 is 2.06 bits per heavy atom. The van der Waals surface area contributed by atoms with E-state index in [2.05, 4.69) is 0 Å². The largest absolute Gasteiger partial charge is 0.456 e. The molecule has 8 aliphatic rings. The van der Waals surface area contributed by atoms with Gasteiger partial charge in [-0.05, 0) is 82.0 Å². The van der Waals surface area contributed by atoms with Crippen LogP contribution in [-0.2, 0) is 33.4 Å². The predicted molar refractivity (Wildman–Crippen MR) is 115 cm³/mol. The highest BCUT2D eigenvalue weighted by Gasteiger charge is 2.64. The molecule has 0 N–H and O–H groups in total. The first-order valence-corrected chi connectivity index (χ1v) is 12.9. The summed E-state index contributed by atoms with van der Waals surface area (Å²) in [7, 11) is 0. The van der Waals surface area contributed by atoms with Crippen molar-refractivity contribution in [1.82, 2.24) is 0 Å². The lowest BCUT2D eigenvalue weighted by molar-refractivity contribution is -0.225. The molecule has 8 saturated carbocycles. The van der Waals surface area contributed by atoms with E-state index in [0.29, 0.717) is 57.1 Å². The van der Waals surface area contributed by atoms with E-state index in [4.69, 9.17) is 14.2 Å². The number of carbonyl (C=O) groups excluding carboxylic acids is 4. The summed E-state index contributed by atoms with van der Waals surface area (Å²) in [5, 5.41) is 0. The highest BCUT2D eigenvalue weighted by Crippen LogP contribution is 2.63. The van der Waals surface area contributed by atoms with Gasteiger partial charge < -0.3 is 14.2 Å². The molecular formula is C26H32F2O7. The van der Waals surface area contributed by atoms with E-state index < -0.39 is 47.1 Å². The van der Waals surface area contributed by atoms with Gasteiger partial charge in [0.2, 0.25) is 0 Å². The Morgan fingerprint density at radius 1 is 0.857 bits per heavy atom. The Labute approximate surface area is 202 Å². The van der Waals surface area contributed by atoms with Gasteiger partial charge in [-0.3, -0.25) is 9.59 Å². The van der Waals surface area contributed by atoms with Gasteiger partial charge in [-0.15, -0.1) is 0 Å². The number of esters is 3. The van der Waals surface area contributed by atoms with E-state index in [1.807, 2.05) is 0 Å². The molecule has 0 aromatic heterocycles. The molecule has 8 fully saturated rings. The normalized spacial score (nSPS) is 44.9. The summed E-state index contributed by atoms with van der Waals surface area (Å²) in [5.74, 6) is -5.45. The van der Waals surface area contributed by atoms with Crippen LogP contribution in [0, 0.1) is 35.0 Å². The first kappa shape index (κ1) is 23.3. The van der Waals surface area contributed by atoms with Crippen molar-refractivity contribution in [2.75, 3.05) is 6.61 Å². The van der Waals surface area contributed by atoms with Crippen LogP contribution in [0.25, 0.3) is 0 Å². The van der Waals surface area contributed by atoms with E-state index >= 15 is 0 Å². The lowest BCUT2D eigenvalue weighted by atomic mass is 9.48. The molecule has 4 unspecified atom stereocenters. The Balaban J connectivity index is 1.10. The highest BCUT2D eigenvalue weighted by molar-refractivity contribution is 5.86. The lowest BCUT2D eigenvalue weighted by Crippen LogP contribution is -2.60. The standard InChI is InChI=1S/C26H32F2O7/c1-23(27,28)21(31)35-26-8-15-2-16(9-26)6-24(5-15,13-26)22(32)33-12-19(29)34-25-7-14-3-17(10-25)20(30)18(4-14)11-25/h14-18H,2-13H2,1H3. The van der Waals surface area contributed by atoms with Gasteiger partial charge in [-0.25, -0.2) is 9.59 Å². The van der Waals surface area contributed by atoms with Crippen molar-refractivity contribution in [3.63, 3.8) is 0 Å². The molecule has 0 heterocycles. The van der Waals surface area contributed by atoms with Crippen LogP contribution in [0.5, 0.6) is 0 Å². The molecule has 0 aromatic carbocycles. The number of hydrogen-bond acceptors (Lipinski definition) is 7. The van der Waals surface area contributed by atoms with Crippen molar-refractivity contribution in [3.8, 4) is 0 Å². The highest BCUT2D eigenvalue weighted by atomic mass is 19.3. The molecule has 8 bridgehead atoms. The molecule has 9 heteroatoms. The Bertz CT molecular complexity index is 953. The van der Waals surface area contributed by atoms with Crippen LogP contribution in [0.3, 0.4) is 0 Å². The van der Waals surface area contributed by atoms with Crippen LogP contribution in [0.2, 0.25) is 0 Å². The van der Waals surface area contributed by atoms with E-state index in [9.17, 15) is 28.0 Å². The summed E-state index contributed by atoms with van der Waals surface area (Å²) in [6.45, 7) is 0.0105. The first-order chi connectivity index (χ1) is 16.4. The molecule has 35 heavy (non-hydrogen) atoms. The van der Waals surface area contributed by atoms with Crippen LogP contribution in [0.15, 0.2) is 0 Å².